The highest BCUT2D eigenvalue weighted by atomic mass is 32.2. The monoisotopic (exact) mass is 386 g/mol. The van der Waals surface area contributed by atoms with E-state index in [1.165, 1.54) is 12.8 Å². The number of guanidine groups is 1. The molecule has 0 atom stereocenters. The van der Waals surface area contributed by atoms with E-state index in [2.05, 4.69) is 15.6 Å². The number of hydrogen-bond acceptors (Lipinski definition) is 4. The Kier molecular flexibility index (Phi) is 6.92. The van der Waals surface area contributed by atoms with Crippen LogP contribution in [-0.4, -0.2) is 70.1 Å². The first-order chi connectivity index (χ1) is 11.7. The highest BCUT2D eigenvalue weighted by Gasteiger charge is 2.50. The zero-order valence-electron chi connectivity index (χ0n) is 14.2. The van der Waals surface area contributed by atoms with Gasteiger partial charge in [0.15, 0.2) is 5.96 Å². The lowest BCUT2D eigenvalue weighted by atomic mass is 10.1. The molecular weight excluding hydrogens is 361 g/mol. The summed E-state index contributed by atoms with van der Waals surface area (Å²) in [5, 5.41) is 6.19. The highest BCUT2D eigenvalue weighted by molar-refractivity contribution is 7.90. The van der Waals surface area contributed by atoms with E-state index < -0.39 is 15.5 Å². The zero-order chi connectivity index (χ0) is 18.5. The Morgan fingerprint density at radius 3 is 2.40 bits per heavy atom. The molecule has 2 fully saturated rings. The van der Waals surface area contributed by atoms with Gasteiger partial charge < -0.3 is 15.4 Å². The summed E-state index contributed by atoms with van der Waals surface area (Å²) in [4.78, 5) is 4.06. The summed E-state index contributed by atoms with van der Waals surface area (Å²) in [7, 11) is -3.64. The van der Waals surface area contributed by atoms with Crippen LogP contribution >= 0.6 is 0 Å². The summed E-state index contributed by atoms with van der Waals surface area (Å²) < 4.78 is 66.4. The third-order valence-corrected chi connectivity index (χ3v) is 5.87. The van der Waals surface area contributed by atoms with Gasteiger partial charge in [0.1, 0.15) is 0 Å². The van der Waals surface area contributed by atoms with Crippen LogP contribution in [0.25, 0.3) is 0 Å². The van der Waals surface area contributed by atoms with Crippen molar-refractivity contribution in [3.63, 3.8) is 0 Å². The molecule has 2 rings (SSSR count). The standard InChI is InChI=1S/C14H25F3N4O3S/c1-18-13(19-6-9-24-10-11-2-3-11)20-12-4-7-21(8-5-12)25(22,23)14(15,16)17/h11-12H,2-10H2,1H3,(H2,18,19,20). The first kappa shape index (κ1) is 20.2. The minimum absolute atomic E-state index is 0.127. The minimum Gasteiger partial charge on any atom is -0.379 e. The number of aliphatic imine (C=N–C) groups is 1. The van der Waals surface area contributed by atoms with Gasteiger partial charge in [-0.1, -0.05) is 0 Å². The molecule has 0 bridgehead atoms. The molecule has 0 aromatic carbocycles. The number of nitrogens with one attached hydrogen (secondary N) is 2. The second-order valence-electron chi connectivity index (χ2n) is 6.29. The molecule has 0 radical (unpaired) electrons. The van der Waals surface area contributed by atoms with Gasteiger partial charge in [0.05, 0.1) is 6.61 Å². The van der Waals surface area contributed by atoms with Crippen molar-refractivity contribution in [2.45, 2.75) is 37.2 Å². The molecule has 1 heterocycles. The number of sulfonamides is 1. The van der Waals surface area contributed by atoms with E-state index in [4.69, 9.17) is 4.74 Å². The summed E-state index contributed by atoms with van der Waals surface area (Å²) in [6, 6.07) is -0.127. The Morgan fingerprint density at radius 2 is 1.88 bits per heavy atom. The van der Waals surface area contributed by atoms with Crippen molar-refractivity contribution in [3.8, 4) is 0 Å². The Morgan fingerprint density at radius 1 is 1.24 bits per heavy atom. The molecule has 1 saturated heterocycles. The number of rotatable bonds is 7. The Labute approximate surface area is 146 Å². The molecule has 25 heavy (non-hydrogen) atoms. The molecule has 0 aromatic rings. The van der Waals surface area contributed by atoms with E-state index >= 15 is 0 Å². The van der Waals surface area contributed by atoms with Gasteiger partial charge in [0.2, 0.25) is 0 Å². The van der Waals surface area contributed by atoms with Crippen LogP contribution < -0.4 is 10.6 Å². The largest absolute Gasteiger partial charge is 0.511 e. The number of halogens is 3. The van der Waals surface area contributed by atoms with Crippen LogP contribution in [0.3, 0.4) is 0 Å². The molecule has 0 amide bonds. The number of ether oxygens (including phenoxy) is 1. The van der Waals surface area contributed by atoms with Crippen LogP contribution in [0.2, 0.25) is 0 Å². The molecule has 2 aliphatic rings. The molecule has 0 spiro atoms. The van der Waals surface area contributed by atoms with Gasteiger partial charge in [-0.05, 0) is 31.6 Å². The normalized spacial score (nSPS) is 21.4. The first-order valence-electron chi connectivity index (χ1n) is 8.35. The summed E-state index contributed by atoms with van der Waals surface area (Å²) in [6.45, 7) is 1.58. The van der Waals surface area contributed by atoms with Gasteiger partial charge in [0.25, 0.3) is 0 Å². The van der Waals surface area contributed by atoms with Gasteiger partial charge in [-0.2, -0.15) is 17.5 Å². The fourth-order valence-electron chi connectivity index (χ4n) is 2.55. The molecule has 146 valence electrons. The first-order valence-corrected chi connectivity index (χ1v) is 9.79. The highest BCUT2D eigenvalue weighted by Crippen LogP contribution is 2.29. The molecule has 7 nitrogen and oxygen atoms in total. The Balaban J connectivity index is 1.68. The molecule has 1 saturated carbocycles. The average molecular weight is 386 g/mol. The van der Waals surface area contributed by atoms with E-state index in [-0.39, 0.29) is 32.0 Å². The van der Waals surface area contributed by atoms with Gasteiger partial charge in [-0.3, -0.25) is 4.99 Å². The molecule has 1 aliphatic heterocycles. The van der Waals surface area contributed by atoms with Gasteiger partial charge in [-0.25, -0.2) is 8.42 Å². The molecular formula is C14H25F3N4O3S. The van der Waals surface area contributed by atoms with Crippen LogP contribution in [0.4, 0.5) is 13.2 Å². The average Bonchev–Trinajstić information content (AvgIpc) is 3.37. The fraction of sp³-hybridized carbons (Fsp3) is 0.929. The lowest BCUT2D eigenvalue weighted by Crippen LogP contribution is -2.51. The fourth-order valence-corrected chi connectivity index (χ4v) is 3.54. The quantitative estimate of drug-likeness (QED) is 0.386. The second kappa shape index (κ2) is 8.54. The molecule has 0 unspecified atom stereocenters. The van der Waals surface area contributed by atoms with Crippen molar-refractivity contribution in [3.05, 3.63) is 0 Å². The summed E-state index contributed by atoms with van der Waals surface area (Å²) >= 11 is 0. The van der Waals surface area contributed by atoms with Crippen LogP contribution in [-0.2, 0) is 14.8 Å². The number of nitrogens with zero attached hydrogens (tertiary/aromatic N) is 2. The maximum Gasteiger partial charge on any atom is 0.511 e. The van der Waals surface area contributed by atoms with E-state index in [1.807, 2.05) is 0 Å². The van der Waals surface area contributed by atoms with Gasteiger partial charge >= 0.3 is 15.5 Å². The van der Waals surface area contributed by atoms with Crippen molar-refractivity contribution in [1.29, 1.82) is 0 Å². The van der Waals surface area contributed by atoms with Crippen molar-refractivity contribution in [2.24, 2.45) is 10.9 Å². The zero-order valence-corrected chi connectivity index (χ0v) is 15.0. The lowest BCUT2D eigenvalue weighted by Gasteiger charge is -2.32. The Hall–Kier alpha value is -1.07. The summed E-state index contributed by atoms with van der Waals surface area (Å²) in [5.74, 6) is 1.24. The molecule has 1 aliphatic carbocycles. The van der Waals surface area contributed by atoms with E-state index in [1.54, 1.807) is 7.05 Å². The summed E-state index contributed by atoms with van der Waals surface area (Å²) in [6.07, 6.45) is 3.04. The topological polar surface area (TPSA) is 83.0 Å². The number of piperidine rings is 1. The predicted molar refractivity (Wildman–Crippen MR) is 87.6 cm³/mol. The van der Waals surface area contributed by atoms with Gasteiger partial charge in [-0.15, -0.1) is 0 Å². The van der Waals surface area contributed by atoms with Crippen molar-refractivity contribution in [1.82, 2.24) is 14.9 Å². The predicted octanol–water partition coefficient (Wildman–Crippen LogP) is 0.892. The maximum atomic E-state index is 12.5. The summed E-state index contributed by atoms with van der Waals surface area (Å²) in [5.41, 5.74) is -5.24. The van der Waals surface area contributed by atoms with Crippen LogP contribution in [0.5, 0.6) is 0 Å². The number of alkyl halides is 3. The van der Waals surface area contributed by atoms with E-state index in [9.17, 15) is 21.6 Å². The van der Waals surface area contributed by atoms with Crippen molar-refractivity contribution < 1.29 is 26.3 Å². The molecule has 11 heteroatoms. The lowest BCUT2D eigenvalue weighted by molar-refractivity contribution is -0.0494. The number of hydrogen-bond donors (Lipinski definition) is 2. The second-order valence-corrected chi connectivity index (χ2v) is 8.22. The van der Waals surface area contributed by atoms with Crippen LogP contribution in [0, 0.1) is 5.92 Å². The SMILES string of the molecule is CN=C(NCCOCC1CC1)NC1CCN(S(=O)(=O)C(F)(F)F)CC1. The van der Waals surface area contributed by atoms with Crippen LogP contribution in [0.15, 0.2) is 4.99 Å². The van der Waals surface area contributed by atoms with E-state index in [0.717, 1.165) is 6.61 Å². The van der Waals surface area contributed by atoms with E-state index in [0.29, 0.717) is 29.3 Å². The molecule has 0 aromatic heterocycles. The van der Waals surface area contributed by atoms with Crippen molar-refractivity contribution >= 4 is 16.0 Å². The maximum absolute atomic E-state index is 12.5. The van der Waals surface area contributed by atoms with Crippen LogP contribution in [0.1, 0.15) is 25.7 Å². The smallest absolute Gasteiger partial charge is 0.379 e. The Bertz CT molecular complexity index is 556. The third-order valence-electron chi connectivity index (χ3n) is 4.24. The third kappa shape index (κ3) is 6.00. The minimum atomic E-state index is -5.24. The molecule has 2 N–H and O–H groups in total. The van der Waals surface area contributed by atoms with Crippen molar-refractivity contribution in [2.75, 3.05) is 39.9 Å². The van der Waals surface area contributed by atoms with Gasteiger partial charge in [0, 0.05) is 39.3 Å².